The van der Waals surface area contributed by atoms with E-state index in [4.69, 9.17) is 5.11 Å². The summed E-state index contributed by atoms with van der Waals surface area (Å²) in [6.07, 6.45) is 1.17. The number of rotatable bonds is 6. The van der Waals surface area contributed by atoms with Crippen molar-refractivity contribution in [1.29, 1.82) is 0 Å². The Labute approximate surface area is 85.5 Å². The van der Waals surface area contributed by atoms with Gasteiger partial charge in [-0.05, 0) is 26.8 Å². The van der Waals surface area contributed by atoms with Crippen LogP contribution in [0.4, 0.5) is 0 Å². The molecule has 0 rings (SSSR count). The van der Waals surface area contributed by atoms with E-state index < -0.39 is 17.6 Å². The predicted molar refractivity (Wildman–Crippen MR) is 55.3 cm³/mol. The molecular formula is C10H21NO3. The van der Waals surface area contributed by atoms with Crippen LogP contribution in [0.25, 0.3) is 0 Å². The fourth-order valence-electron chi connectivity index (χ4n) is 1.43. The van der Waals surface area contributed by atoms with Gasteiger partial charge in [-0.15, -0.1) is 0 Å². The minimum atomic E-state index is -0.832. The second-order valence-electron chi connectivity index (χ2n) is 4.03. The van der Waals surface area contributed by atoms with Gasteiger partial charge in [0, 0.05) is 6.54 Å². The summed E-state index contributed by atoms with van der Waals surface area (Å²) in [5, 5.41) is 18.7. The maximum Gasteiger partial charge on any atom is 0.320 e. The van der Waals surface area contributed by atoms with Crippen LogP contribution in [0.5, 0.6) is 0 Å². The van der Waals surface area contributed by atoms with E-state index in [1.165, 1.54) is 0 Å². The van der Waals surface area contributed by atoms with Gasteiger partial charge in [-0.1, -0.05) is 13.8 Å². The minimum absolute atomic E-state index is 0.383. The number of nitrogens with zero attached hydrogens (tertiary/aromatic N) is 1. The van der Waals surface area contributed by atoms with Crippen LogP contribution in [0.3, 0.4) is 0 Å². The fraction of sp³-hybridized carbons (Fsp3) is 0.900. The van der Waals surface area contributed by atoms with E-state index in [9.17, 15) is 9.90 Å². The molecule has 0 saturated heterocycles. The number of hydrogen-bond donors (Lipinski definition) is 2. The summed E-state index contributed by atoms with van der Waals surface area (Å²) >= 11 is 0. The lowest BCUT2D eigenvalue weighted by molar-refractivity contribution is -0.143. The maximum absolute atomic E-state index is 10.8. The van der Waals surface area contributed by atoms with Crippen LogP contribution < -0.4 is 0 Å². The molecule has 0 fully saturated rings. The number of carboxylic acids is 1. The lowest BCUT2D eigenvalue weighted by Crippen LogP contribution is -2.46. The Hall–Kier alpha value is -0.610. The molecule has 0 aliphatic rings. The minimum Gasteiger partial charge on any atom is -0.480 e. The molecule has 0 saturated carbocycles. The Morgan fingerprint density at radius 1 is 1.50 bits per heavy atom. The van der Waals surface area contributed by atoms with Crippen LogP contribution in [-0.2, 0) is 4.79 Å². The molecule has 14 heavy (non-hydrogen) atoms. The number of aliphatic carboxylic acids is 1. The number of carbonyl (C=O) groups is 1. The first-order valence-electron chi connectivity index (χ1n) is 4.99. The second-order valence-corrected chi connectivity index (χ2v) is 4.03. The SMILES string of the molecule is CCC(C(=O)O)N(C)CC(C)(O)CC. The van der Waals surface area contributed by atoms with Crippen molar-refractivity contribution in [3.8, 4) is 0 Å². The van der Waals surface area contributed by atoms with Crippen molar-refractivity contribution in [2.24, 2.45) is 0 Å². The zero-order valence-electron chi connectivity index (χ0n) is 9.45. The largest absolute Gasteiger partial charge is 0.480 e. The van der Waals surface area contributed by atoms with Crippen LogP contribution in [0.1, 0.15) is 33.6 Å². The summed E-state index contributed by atoms with van der Waals surface area (Å²) in [5.74, 6) is -0.832. The first-order valence-corrected chi connectivity index (χ1v) is 4.99. The molecule has 4 heteroatoms. The van der Waals surface area contributed by atoms with Crippen molar-refractivity contribution < 1.29 is 15.0 Å². The Bertz CT molecular complexity index is 192. The molecule has 0 aromatic carbocycles. The number of carboxylic acid groups (broad SMARTS) is 1. The van der Waals surface area contributed by atoms with Gasteiger partial charge in [-0.25, -0.2) is 0 Å². The first-order chi connectivity index (χ1) is 6.34. The van der Waals surface area contributed by atoms with Crippen LogP contribution in [0.2, 0.25) is 0 Å². The normalized spacial score (nSPS) is 17.9. The molecule has 2 atom stereocenters. The van der Waals surface area contributed by atoms with Gasteiger partial charge in [0.15, 0.2) is 0 Å². The average Bonchev–Trinajstić information content (AvgIpc) is 2.03. The Kier molecular flexibility index (Phi) is 5.08. The molecule has 0 bridgehead atoms. The summed E-state index contributed by atoms with van der Waals surface area (Å²) in [5.41, 5.74) is -0.808. The van der Waals surface area contributed by atoms with Crippen molar-refractivity contribution in [2.75, 3.05) is 13.6 Å². The Morgan fingerprint density at radius 2 is 2.00 bits per heavy atom. The van der Waals surface area contributed by atoms with Crippen molar-refractivity contribution >= 4 is 5.97 Å². The fourth-order valence-corrected chi connectivity index (χ4v) is 1.43. The molecule has 0 heterocycles. The Balaban J connectivity index is 4.31. The summed E-state index contributed by atoms with van der Waals surface area (Å²) < 4.78 is 0. The van der Waals surface area contributed by atoms with Gasteiger partial charge >= 0.3 is 5.97 Å². The molecule has 0 spiro atoms. The van der Waals surface area contributed by atoms with E-state index in [0.717, 1.165) is 0 Å². The van der Waals surface area contributed by atoms with Crippen molar-refractivity contribution in [3.63, 3.8) is 0 Å². The predicted octanol–water partition coefficient (Wildman–Crippen LogP) is 0.942. The first kappa shape index (κ1) is 13.4. The molecule has 0 aliphatic heterocycles. The van der Waals surface area contributed by atoms with Gasteiger partial charge in [0.2, 0.25) is 0 Å². The summed E-state index contributed by atoms with van der Waals surface area (Å²) in [6.45, 7) is 5.82. The Morgan fingerprint density at radius 3 is 2.29 bits per heavy atom. The van der Waals surface area contributed by atoms with E-state index >= 15 is 0 Å². The number of hydrogen-bond acceptors (Lipinski definition) is 3. The van der Waals surface area contributed by atoms with Gasteiger partial charge in [-0.3, -0.25) is 9.69 Å². The van der Waals surface area contributed by atoms with Crippen LogP contribution >= 0.6 is 0 Å². The van der Waals surface area contributed by atoms with Crippen molar-refractivity contribution in [1.82, 2.24) is 4.90 Å². The summed E-state index contributed by atoms with van der Waals surface area (Å²) in [7, 11) is 1.73. The number of likely N-dealkylation sites (N-methyl/N-ethyl adjacent to an activating group) is 1. The average molecular weight is 203 g/mol. The summed E-state index contributed by atoms with van der Waals surface area (Å²) in [6, 6.07) is -0.506. The molecule has 0 radical (unpaired) electrons. The third-order valence-electron chi connectivity index (χ3n) is 2.56. The lowest BCUT2D eigenvalue weighted by atomic mass is 10.0. The van der Waals surface area contributed by atoms with E-state index in [-0.39, 0.29) is 0 Å². The topological polar surface area (TPSA) is 60.8 Å². The molecule has 84 valence electrons. The lowest BCUT2D eigenvalue weighted by Gasteiger charge is -2.31. The van der Waals surface area contributed by atoms with E-state index in [0.29, 0.717) is 19.4 Å². The standard InChI is InChI=1S/C10H21NO3/c1-5-8(9(12)13)11(4)7-10(3,14)6-2/h8,14H,5-7H2,1-4H3,(H,12,13). The highest BCUT2D eigenvalue weighted by Crippen LogP contribution is 2.13. The summed E-state index contributed by atoms with van der Waals surface area (Å²) in [4.78, 5) is 12.5. The van der Waals surface area contributed by atoms with Crippen LogP contribution in [0.15, 0.2) is 0 Å². The van der Waals surface area contributed by atoms with Crippen LogP contribution in [0, 0.1) is 0 Å². The molecule has 2 unspecified atom stereocenters. The van der Waals surface area contributed by atoms with E-state index in [1.807, 2.05) is 13.8 Å². The van der Waals surface area contributed by atoms with Crippen molar-refractivity contribution in [2.45, 2.75) is 45.3 Å². The molecule has 0 amide bonds. The number of aliphatic hydroxyl groups is 1. The third-order valence-corrected chi connectivity index (χ3v) is 2.56. The van der Waals surface area contributed by atoms with Gasteiger partial charge in [0.05, 0.1) is 5.60 Å². The quantitative estimate of drug-likeness (QED) is 0.674. The van der Waals surface area contributed by atoms with Gasteiger partial charge < -0.3 is 10.2 Å². The highest BCUT2D eigenvalue weighted by molar-refractivity contribution is 5.73. The second kappa shape index (κ2) is 5.32. The van der Waals surface area contributed by atoms with E-state index in [2.05, 4.69) is 0 Å². The van der Waals surface area contributed by atoms with Crippen molar-refractivity contribution in [3.05, 3.63) is 0 Å². The molecule has 0 aromatic heterocycles. The highest BCUT2D eigenvalue weighted by atomic mass is 16.4. The van der Waals surface area contributed by atoms with Gasteiger partial charge in [0.1, 0.15) is 6.04 Å². The van der Waals surface area contributed by atoms with Crippen LogP contribution in [-0.4, -0.2) is 46.3 Å². The van der Waals surface area contributed by atoms with Gasteiger partial charge in [-0.2, -0.15) is 0 Å². The zero-order chi connectivity index (χ0) is 11.4. The molecule has 4 nitrogen and oxygen atoms in total. The third kappa shape index (κ3) is 4.07. The monoisotopic (exact) mass is 203 g/mol. The van der Waals surface area contributed by atoms with E-state index in [1.54, 1.807) is 18.9 Å². The highest BCUT2D eigenvalue weighted by Gasteiger charge is 2.27. The maximum atomic E-state index is 10.8. The molecule has 0 aliphatic carbocycles. The zero-order valence-corrected chi connectivity index (χ0v) is 9.45. The van der Waals surface area contributed by atoms with Gasteiger partial charge in [0.25, 0.3) is 0 Å². The smallest absolute Gasteiger partial charge is 0.320 e. The molecule has 2 N–H and O–H groups in total. The molecular weight excluding hydrogens is 182 g/mol. The molecule has 0 aromatic rings.